The van der Waals surface area contributed by atoms with Crippen molar-refractivity contribution in [1.29, 1.82) is 0 Å². The van der Waals surface area contributed by atoms with E-state index in [1.807, 2.05) is 12.3 Å². The first-order chi connectivity index (χ1) is 7.83. The molecule has 2 heteroatoms. The summed E-state index contributed by atoms with van der Waals surface area (Å²) in [6.07, 6.45) is 8.15. The lowest BCUT2D eigenvalue weighted by molar-refractivity contribution is 0.477. The molecule has 2 rings (SSSR count). The van der Waals surface area contributed by atoms with Crippen LogP contribution in [-0.4, -0.2) is 18.1 Å². The average Bonchev–Trinajstić information content (AvgIpc) is 2.39. The molecule has 0 atom stereocenters. The summed E-state index contributed by atoms with van der Waals surface area (Å²) >= 11 is 0. The highest BCUT2D eigenvalue weighted by Gasteiger charge is 2.17. The molecule has 1 aromatic rings. The molecule has 0 saturated carbocycles. The molecule has 0 N–H and O–H groups in total. The van der Waals surface area contributed by atoms with Crippen molar-refractivity contribution in [3.05, 3.63) is 43.1 Å². The lowest BCUT2D eigenvalue weighted by Crippen LogP contribution is -2.33. The van der Waals surface area contributed by atoms with Crippen LogP contribution >= 0.6 is 0 Å². The van der Waals surface area contributed by atoms with Gasteiger partial charge < -0.3 is 4.90 Å². The SMILES string of the molecule is C=Cc1ccc(N2CCC(C=C)CC2)nc1. The summed E-state index contributed by atoms with van der Waals surface area (Å²) in [5.41, 5.74) is 1.07. The Labute approximate surface area is 97.3 Å². The molecule has 1 aliphatic rings. The summed E-state index contributed by atoms with van der Waals surface area (Å²) in [6, 6.07) is 4.14. The van der Waals surface area contributed by atoms with Gasteiger partial charge in [-0.1, -0.05) is 18.7 Å². The fraction of sp³-hybridized carbons (Fsp3) is 0.357. The van der Waals surface area contributed by atoms with E-state index in [1.54, 1.807) is 0 Å². The summed E-state index contributed by atoms with van der Waals surface area (Å²) in [7, 11) is 0. The van der Waals surface area contributed by atoms with E-state index in [0.717, 1.165) is 24.5 Å². The van der Waals surface area contributed by atoms with Crippen molar-refractivity contribution in [1.82, 2.24) is 4.98 Å². The standard InChI is InChI=1S/C14H18N2/c1-3-12-7-9-16(10-8-12)14-6-5-13(4-2)11-15-14/h3-6,11-12H,1-2,7-10H2. The van der Waals surface area contributed by atoms with Crippen LogP contribution in [0.3, 0.4) is 0 Å². The lowest BCUT2D eigenvalue weighted by atomic mass is 9.97. The molecular formula is C14H18N2. The van der Waals surface area contributed by atoms with Gasteiger partial charge in [-0.3, -0.25) is 0 Å². The van der Waals surface area contributed by atoms with Crippen molar-refractivity contribution < 1.29 is 0 Å². The van der Waals surface area contributed by atoms with Crippen LogP contribution in [0.5, 0.6) is 0 Å². The molecule has 1 aliphatic heterocycles. The normalized spacial score (nSPS) is 17.1. The summed E-state index contributed by atoms with van der Waals surface area (Å²) in [6.45, 7) is 9.75. The van der Waals surface area contributed by atoms with E-state index >= 15 is 0 Å². The molecule has 0 bridgehead atoms. The minimum absolute atomic E-state index is 0.684. The molecule has 1 saturated heterocycles. The van der Waals surface area contributed by atoms with Crippen LogP contribution in [0.4, 0.5) is 5.82 Å². The van der Waals surface area contributed by atoms with Gasteiger partial charge in [-0.05, 0) is 36.5 Å². The zero-order chi connectivity index (χ0) is 11.4. The minimum Gasteiger partial charge on any atom is -0.357 e. The van der Waals surface area contributed by atoms with Gasteiger partial charge in [0.25, 0.3) is 0 Å². The van der Waals surface area contributed by atoms with Gasteiger partial charge in [0.15, 0.2) is 0 Å². The Morgan fingerprint density at radius 3 is 2.50 bits per heavy atom. The van der Waals surface area contributed by atoms with Gasteiger partial charge in [0.1, 0.15) is 5.82 Å². The van der Waals surface area contributed by atoms with Crippen molar-refractivity contribution in [3.8, 4) is 0 Å². The largest absolute Gasteiger partial charge is 0.357 e. The highest BCUT2D eigenvalue weighted by atomic mass is 15.2. The van der Waals surface area contributed by atoms with E-state index in [1.165, 1.54) is 12.8 Å². The molecule has 0 radical (unpaired) electrons. The molecule has 0 spiro atoms. The maximum atomic E-state index is 4.45. The smallest absolute Gasteiger partial charge is 0.128 e. The van der Waals surface area contributed by atoms with E-state index in [-0.39, 0.29) is 0 Å². The summed E-state index contributed by atoms with van der Waals surface area (Å²) in [5, 5.41) is 0. The molecule has 0 amide bonds. The van der Waals surface area contributed by atoms with Gasteiger partial charge in [-0.15, -0.1) is 6.58 Å². The summed E-state index contributed by atoms with van der Waals surface area (Å²) < 4.78 is 0. The van der Waals surface area contributed by atoms with Crippen LogP contribution < -0.4 is 4.90 Å². The van der Waals surface area contributed by atoms with Crippen molar-refractivity contribution in [2.75, 3.05) is 18.0 Å². The van der Waals surface area contributed by atoms with Crippen LogP contribution in [0, 0.1) is 5.92 Å². The first-order valence-electron chi connectivity index (χ1n) is 5.79. The Morgan fingerprint density at radius 1 is 1.25 bits per heavy atom. The topological polar surface area (TPSA) is 16.1 Å². The first kappa shape index (κ1) is 10.9. The van der Waals surface area contributed by atoms with E-state index in [2.05, 4.69) is 41.3 Å². The lowest BCUT2D eigenvalue weighted by Gasteiger charge is -2.31. The van der Waals surface area contributed by atoms with Gasteiger partial charge >= 0.3 is 0 Å². The zero-order valence-corrected chi connectivity index (χ0v) is 9.60. The number of hydrogen-bond acceptors (Lipinski definition) is 2. The van der Waals surface area contributed by atoms with Gasteiger partial charge in [-0.25, -0.2) is 4.98 Å². The third-order valence-electron chi connectivity index (χ3n) is 3.20. The molecule has 2 heterocycles. The first-order valence-corrected chi connectivity index (χ1v) is 5.79. The Balaban J connectivity index is 2.02. The molecule has 1 aromatic heterocycles. The number of pyridine rings is 1. The fourth-order valence-corrected chi connectivity index (χ4v) is 2.07. The van der Waals surface area contributed by atoms with Crippen LogP contribution in [0.25, 0.3) is 6.08 Å². The second-order valence-corrected chi connectivity index (χ2v) is 4.21. The Kier molecular flexibility index (Phi) is 3.40. The predicted octanol–water partition coefficient (Wildman–Crippen LogP) is 3.13. The van der Waals surface area contributed by atoms with Crippen molar-refractivity contribution in [2.24, 2.45) is 5.92 Å². The van der Waals surface area contributed by atoms with Crippen LogP contribution in [-0.2, 0) is 0 Å². The van der Waals surface area contributed by atoms with E-state index in [4.69, 9.17) is 0 Å². The number of nitrogens with zero attached hydrogens (tertiary/aromatic N) is 2. The van der Waals surface area contributed by atoms with Crippen molar-refractivity contribution in [3.63, 3.8) is 0 Å². The number of aromatic nitrogens is 1. The molecule has 2 nitrogen and oxygen atoms in total. The predicted molar refractivity (Wildman–Crippen MR) is 69.5 cm³/mol. The molecule has 0 aliphatic carbocycles. The van der Waals surface area contributed by atoms with Crippen molar-refractivity contribution in [2.45, 2.75) is 12.8 Å². The van der Waals surface area contributed by atoms with Crippen LogP contribution in [0.1, 0.15) is 18.4 Å². The van der Waals surface area contributed by atoms with E-state index in [0.29, 0.717) is 5.92 Å². The van der Waals surface area contributed by atoms with E-state index < -0.39 is 0 Å². The van der Waals surface area contributed by atoms with Gasteiger partial charge in [0.2, 0.25) is 0 Å². The molecular weight excluding hydrogens is 196 g/mol. The second kappa shape index (κ2) is 4.97. The van der Waals surface area contributed by atoms with Crippen LogP contribution in [0.15, 0.2) is 37.6 Å². The Morgan fingerprint density at radius 2 is 2.00 bits per heavy atom. The highest BCUT2D eigenvalue weighted by Crippen LogP contribution is 2.22. The maximum absolute atomic E-state index is 4.45. The van der Waals surface area contributed by atoms with Crippen molar-refractivity contribution >= 4 is 11.9 Å². The number of hydrogen-bond donors (Lipinski definition) is 0. The maximum Gasteiger partial charge on any atom is 0.128 e. The van der Waals surface area contributed by atoms with Gasteiger partial charge in [0.05, 0.1) is 0 Å². The second-order valence-electron chi connectivity index (χ2n) is 4.21. The molecule has 84 valence electrons. The zero-order valence-electron chi connectivity index (χ0n) is 9.60. The number of allylic oxidation sites excluding steroid dienone is 1. The number of rotatable bonds is 3. The third kappa shape index (κ3) is 2.32. The highest BCUT2D eigenvalue weighted by molar-refractivity contribution is 5.49. The fourth-order valence-electron chi connectivity index (χ4n) is 2.07. The van der Waals surface area contributed by atoms with Gasteiger partial charge in [0, 0.05) is 19.3 Å². The third-order valence-corrected chi connectivity index (χ3v) is 3.20. The minimum atomic E-state index is 0.684. The quantitative estimate of drug-likeness (QED) is 0.719. The summed E-state index contributed by atoms with van der Waals surface area (Å²) in [5.74, 6) is 1.76. The van der Waals surface area contributed by atoms with Crippen LogP contribution in [0.2, 0.25) is 0 Å². The Bertz CT molecular complexity index is 359. The summed E-state index contributed by atoms with van der Waals surface area (Å²) in [4.78, 5) is 6.79. The monoisotopic (exact) mass is 214 g/mol. The number of piperidine rings is 1. The van der Waals surface area contributed by atoms with E-state index in [9.17, 15) is 0 Å². The molecule has 16 heavy (non-hydrogen) atoms. The average molecular weight is 214 g/mol. The van der Waals surface area contributed by atoms with Gasteiger partial charge in [-0.2, -0.15) is 0 Å². The molecule has 1 fully saturated rings. The Hall–Kier alpha value is -1.57. The molecule has 0 aromatic carbocycles. The number of anilines is 1. The molecule has 0 unspecified atom stereocenters.